The Morgan fingerprint density at radius 1 is 1.21 bits per heavy atom. The summed E-state index contributed by atoms with van der Waals surface area (Å²) in [5, 5.41) is 0. The molecular weight excluding hydrogens is 364 g/mol. The smallest absolute Gasteiger partial charge is 1.00 e. The molecule has 1 fully saturated rings. The molecule has 0 aromatic carbocycles. The molecule has 19 heavy (non-hydrogen) atoms. The first-order valence-electron chi connectivity index (χ1n) is 5.22. The van der Waals surface area contributed by atoms with E-state index < -0.39 is 8.50 Å². The number of imide groups is 1. The first kappa shape index (κ1) is 18.2. The van der Waals surface area contributed by atoms with Gasteiger partial charge in [-0.05, 0) is 12.8 Å². The molecule has 0 saturated carbocycles. The predicted octanol–water partition coefficient (Wildman–Crippen LogP) is 3.37. The van der Waals surface area contributed by atoms with Crippen LogP contribution in [0.4, 0.5) is 0 Å². The van der Waals surface area contributed by atoms with Crippen molar-refractivity contribution in [2.45, 2.75) is 21.3 Å². The second-order valence-corrected chi connectivity index (χ2v) is 8.20. The summed E-state index contributed by atoms with van der Waals surface area (Å²) in [6.45, 7) is 0. The topological polar surface area (TPSA) is 37.4 Å². The number of carbonyl (C=O) groups excluding carboxylic acids is 2. The number of rotatable bonds is 3. The van der Waals surface area contributed by atoms with Crippen molar-refractivity contribution in [1.29, 1.82) is 0 Å². The van der Waals surface area contributed by atoms with Crippen molar-refractivity contribution >= 4 is 93.2 Å². The van der Waals surface area contributed by atoms with Crippen molar-refractivity contribution in [2.75, 3.05) is 0 Å². The van der Waals surface area contributed by atoms with Gasteiger partial charge in [-0.3, -0.25) is 9.59 Å². The molecule has 0 bridgehead atoms. The molecule has 0 aromatic rings. The number of fused-ring (bicyclic) bond motifs is 1. The van der Waals surface area contributed by atoms with Crippen molar-refractivity contribution in [3.63, 3.8) is 0 Å². The molecule has 2 atom stereocenters. The van der Waals surface area contributed by atoms with Gasteiger partial charge >= 0.3 is 23.1 Å². The Morgan fingerprint density at radius 3 is 2.00 bits per heavy atom. The molecule has 9 heteroatoms. The number of allylic oxidation sites excluding steroid dienone is 2. The number of nitrogens with zero attached hydrogens (tertiary/aromatic N) is 1. The van der Waals surface area contributed by atoms with E-state index in [0.29, 0.717) is 24.8 Å². The van der Waals surface area contributed by atoms with Crippen molar-refractivity contribution in [1.82, 2.24) is 4.31 Å². The monoisotopic (exact) mass is 373 g/mol. The summed E-state index contributed by atoms with van der Waals surface area (Å²) in [6, 6.07) is 0. The van der Waals surface area contributed by atoms with Crippen LogP contribution in [0, 0.1) is 11.8 Å². The molecule has 1 heterocycles. The molecule has 1 saturated heterocycles. The molecular formula is C10H11Cl4MgNO2S. The Kier molecular flexibility index (Phi) is 6.65. The van der Waals surface area contributed by atoms with Gasteiger partial charge in [0.1, 0.15) is 0 Å². The third-order valence-electron chi connectivity index (χ3n) is 2.93. The molecule has 0 aromatic heterocycles. The van der Waals surface area contributed by atoms with Crippen molar-refractivity contribution in [3.8, 4) is 0 Å². The quantitative estimate of drug-likeness (QED) is 0.250. The maximum absolute atomic E-state index is 12.1. The van der Waals surface area contributed by atoms with Crippen LogP contribution in [0.5, 0.6) is 0 Å². The Bertz CT molecular complexity index is 402. The van der Waals surface area contributed by atoms with Crippen LogP contribution in [0.1, 0.15) is 15.7 Å². The minimum atomic E-state index is -1.63. The van der Waals surface area contributed by atoms with Gasteiger partial charge in [0.05, 0.1) is 11.8 Å². The largest absolute Gasteiger partial charge is 2.00 e. The first-order valence-corrected chi connectivity index (χ1v) is 7.62. The maximum Gasteiger partial charge on any atom is 2.00 e. The average Bonchev–Trinajstić information content (AvgIpc) is 2.55. The van der Waals surface area contributed by atoms with Gasteiger partial charge in [0, 0.05) is 11.9 Å². The van der Waals surface area contributed by atoms with E-state index in [1.54, 1.807) is 0 Å². The fourth-order valence-corrected chi connectivity index (χ4v) is 3.45. The van der Waals surface area contributed by atoms with E-state index in [1.807, 2.05) is 12.2 Å². The standard InChI is InChI=1S/C10H9Cl4NO2S.Mg.2H/c11-9(12)10(13,14)18-15-7(16)5-3-1-2-4-6(5)8(15)17;;;/h1-2,5-6,9H,3-4H2;;;/q;+2;2*-1. The van der Waals surface area contributed by atoms with Gasteiger partial charge in [-0.25, -0.2) is 4.31 Å². The zero-order chi connectivity index (χ0) is 13.5. The molecule has 0 N–H and O–H groups in total. The second kappa shape index (κ2) is 6.94. The molecule has 104 valence electrons. The van der Waals surface area contributed by atoms with Gasteiger partial charge in [0.25, 0.3) is 0 Å². The minimum absolute atomic E-state index is 0. The molecule has 3 nitrogen and oxygen atoms in total. The molecule has 2 aliphatic rings. The summed E-state index contributed by atoms with van der Waals surface area (Å²) in [4.78, 5) is 23.1. The molecule has 1 aliphatic heterocycles. The Labute approximate surface area is 154 Å². The van der Waals surface area contributed by atoms with Crippen LogP contribution >= 0.6 is 58.4 Å². The zero-order valence-corrected chi connectivity index (χ0v) is 14.9. The molecule has 1 aliphatic carbocycles. The summed E-state index contributed by atoms with van der Waals surface area (Å²) in [7, 11) is 0. The summed E-state index contributed by atoms with van der Waals surface area (Å²) >= 11 is 23.7. The van der Waals surface area contributed by atoms with Crippen LogP contribution in [-0.2, 0) is 9.59 Å². The Balaban J connectivity index is 0. The number of alkyl halides is 4. The van der Waals surface area contributed by atoms with E-state index in [0.717, 1.165) is 4.31 Å². The van der Waals surface area contributed by atoms with E-state index in [4.69, 9.17) is 46.4 Å². The molecule has 0 spiro atoms. The summed E-state index contributed by atoms with van der Waals surface area (Å²) in [5.74, 6) is -1.19. The third-order valence-corrected chi connectivity index (χ3v) is 6.17. The van der Waals surface area contributed by atoms with E-state index in [9.17, 15) is 9.59 Å². The number of hydrogen-bond donors (Lipinski definition) is 0. The number of halogens is 4. The second-order valence-electron chi connectivity index (χ2n) is 4.08. The molecule has 2 unspecified atom stereocenters. The number of carbonyl (C=O) groups is 2. The van der Waals surface area contributed by atoms with Crippen LogP contribution in [0.25, 0.3) is 0 Å². The van der Waals surface area contributed by atoms with Crippen molar-refractivity contribution in [2.24, 2.45) is 11.8 Å². The summed E-state index contributed by atoms with van der Waals surface area (Å²) in [5.41, 5.74) is 0. The summed E-state index contributed by atoms with van der Waals surface area (Å²) < 4.78 is -0.630. The van der Waals surface area contributed by atoms with E-state index in [-0.39, 0.29) is 49.6 Å². The van der Waals surface area contributed by atoms with E-state index >= 15 is 0 Å². The van der Waals surface area contributed by atoms with Crippen LogP contribution in [0.3, 0.4) is 0 Å². The van der Waals surface area contributed by atoms with Gasteiger partial charge < -0.3 is 2.85 Å². The van der Waals surface area contributed by atoms with Crippen LogP contribution in [0.2, 0.25) is 0 Å². The fourth-order valence-electron chi connectivity index (χ4n) is 2.02. The number of amides is 2. The van der Waals surface area contributed by atoms with Gasteiger partial charge in [0.2, 0.25) is 15.5 Å². The van der Waals surface area contributed by atoms with Crippen LogP contribution in [0.15, 0.2) is 12.2 Å². The zero-order valence-electron chi connectivity index (χ0n) is 11.7. The molecule has 0 radical (unpaired) electrons. The third kappa shape index (κ3) is 3.68. The Morgan fingerprint density at radius 2 is 1.63 bits per heavy atom. The molecule has 2 amide bonds. The fraction of sp³-hybridized carbons (Fsp3) is 0.600. The van der Waals surface area contributed by atoms with Crippen LogP contribution in [-0.4, -0.2) is 47.7 Å². The van der Waals surface area contributed by atoms with E-state index in [2.05, 4.69) is 0 Å². The van der Waals surface area contributed by atoms with E-state index in [1.165, 1.54) is 0 Å². The minimum Gasteiger partial charge on any atom is -1.00 e. The predicted molar refractivity (Wildman–Crippen MR) is 82.7 cm³/mol. The molecule has 2 rings (SSSR count). The van der Waals surface area contributed by atoms with Gasteiger partial charge in [-0.2, -0.15) is 0 Å². The van der Waals surface area contributed by atoms with Gasteiger partial charge in [-0.15, -0.1) is 23.2 Å². The van der Waals surface area contributed by atoms with Gasteiger partial charge in [-0.1, -0.05) is 35.4 Å². The summed E-state index contributed by atoms with van der Waals surface area (Å²) in [6.07, 6.45) is 4.94. The SMILES string of the molecule is O=C1C2CC=CCC2C(=O)N1SC(Cl)(Cl)C(Cl)Cl.[H-].[H-].[Mg+2]. The van der Waals surface area contributed by atoms with Crippen LogP contribution < -0.4 is 0 Å². The normalized spacial score (nSPS) is 26.7. The van der Waals surface area contributed by atoms with Crippen molar-refractivity contribution in [3.05, 3.63) is 12.2 Å². The number of hydrogen-bond acceptors (Lipinski definition) is 3. The Hall–Kier alpha value is 1.16. The van der Waals surface area contributed by atoms with Gasteiger partial charge in [0.15, 0.2) is 4.84 Å². The van der Waals surface area contributed by atoms with Crippen molar-refractivity contribution < 1.29 is 12.4 Å². The maximum atomic E-state index is 12.1. The first-order chi connectivity index (χ1) is 8.34. The average molecular weight is 375 g/mol.